The summed E-state index contributed by atoms with van der Waals surface area (Å²) in [5.74, 6) is 1.59. The number of hydrogen-bond donors (Lipinski definition) is 2. The number of fused-ring (bicyclic) bond motifs is 1. The second kappa shape index (κ2) is 7.00. The lowest BCUT2D eigenvalue weighted by molar-refractivity contribution is 0.0955. The Balaban J connectivity index is 1.68. The summed E-state index contributed by atoms with van der Waals surface area (Å²) < 4.78 is 6.77. The van der Waals surface area contributed by atoms with E-state index < -0.39 is 0 Å². The number of nitrogens with zero attached hydrogens (tertiary/aromatic N) is 1. The summed E-state index contributed by atoms with van der Waals surface area (Å²) in [6, 6.07) is 7.73. The number of halogens is 1. The molecule has 0 radical (unpaired) electrons. The van der Waals surface area contributed by atoms with E-state index in [1.807, 2.05) is 13.0 Å². The van der Waals surface area contributed by atoms with E-state index in [1.165, 1.54) is 5.56 Å². The Hall–Kier alpha value is -2.08. The Kier molecular flexibility index (Phi) is 4.81. The molecular formula is C17H18BrN3O2. The Morgan fingerprint density at radius 2 is 2.26 bits per heavy atom. The molecule has 0 bridgehead atoms. The van der Waals surface area contributed by atoms with Crippen LogP contribution in [0.5, 0.6) is 5.75 Å². The molecule has 120 valence electrons. The Morgan fingerprint density at radius 3 is 3.00 bits per heavy atom. The van der Waals surface area contributed by atoms with Gasteiger partial charge in [-0.1, -0.05) is 15.9 Å². The van der Waals surface area contributed by atoms with Crippen molar-refractivity contribution < 1.29 is 9.53 Å². The highest BCUT2D eigenvalue weighted by Gasteiger charge is 2.17. The molecule has 0 spiro atoms. The van der Waals surface area contributed by atoms with Crippen LogP contribution >= 0.6 is 15.9 Å². The molecular weight excluding hydrogens is 358 g/mol. The SMILES string of the molecule is CCNC(=O)c1ccc(NCc2cc(Br)cc3c2OCC3)nc1. The molecule has 1 aliphatic rings. The molecule has 0 saturated carbocycles. The van der Waals surface area contributed by atoms with Crippen LogP contribution in [0.4, 0.5) is 5.82 Å². The van der Waals surface area contributed by atoms with Gasteiger partial charge in [0.1, 0.15) is 11.6 Å². The molecule has 5 nitrogen and oxygen atoms in total. The van der Waals surface area contributed by atoms with Gasteiger partial charge in [0.15, 0.2) is 0 Å². The number of benzene rings is 1. The third-order valence-electron chi connectivity index (χ3n) is 3.65. The summed E-state index contributed by atoms with van der Waals surface area (Å²) in [5.41, 5.74) is 2.89. The largest absolute Gasteiger partial charge is 0.493 e. The van der Waals surface area contributed by atoms with Crippen molar-refractivity contribution in [1.82, 2.24) is 10.3 Å². The highest BCUT2D eigenvalue weighted by molar-refractivity contribution is 9.10. The van der Waals surface area contributed by atoms with Crippen LogP contribution in [0.1, 0.15) is 28.4 Å². The predicted molar refractivity (Wildman–Crippen MR) is 92.9 cm³/mol. The van der Waals surface area contributed by atoms with Gasteiger partial charge in [0.05, 0.1) is 12.2 Å². The molecule has 6 heteroatoms. The maximum atomic E-state index is 11.7. The lowest BCUT2D eigenvalue weighted by atomic mass is 10.1. The van der Waals surface area contributed by atoms with Crippen molar-refractivity contribution in [2.24, 2.45) is 0 Å². The van der Waals surface area contributed by atoms with Gasteiger partial charge in [-0.25, -0.2) is 4.98 Å². The average Bonchev–Trinajstić information content (AvgIpc) is 3.01. The Morgan fingerprint density at radius 1 is 1.39 bits per heavy atom. The van der Waals surface area contributed by atoms with Gasteiger partial charge in [-0.05, 0) is 36.8 Å². The quantitative estimate of drug-likeness (QED) is 0.842. The molecule has 2 heterocycles. The van der Waals surface area contributed by atoms with Crippen LogP contribution in [-0.2, 0) is 13.0 Å². The van der Waals surface area contributed by atoms with E-state index >= 15 is 0 Å². The molecule has 3 rings (SSSR count). The Bertz CT molecular complexity index is 717. The molecule has 23 heavy (non-hydrogen) atoms. The first-order chi connectivity index (χ1) is 11.2. The highest BCUT2D eigenvalue weighted by atomic mass is 79.9. The van der Waals surface area contributed by atoms with E-state index in [-0.39, 0.29) is 5.91 Å². The van der Waals surface area contributed by atoms with Crippen molar-refractivity contribution >= 4 is 27.7 Å². The number of amides is 1. The molecule has 0 atom stereocenters. The van der Waals surface area contributed by atoms with Crippen molar-refractivity contribution in [3.8, 4) is 5.75 Å². The zero-order valence-corrected chi connectivity index (χ0v) is 14.4. The number of nitrogens with one attached hydrogen (secondary N) is 2. The standard InChI is InChI=1S/C17H18BrN3O2/c1-2-19-17(22)12-3-4-15(20-9-12)21-10-13-8-14(18)7-11-5-6-23-16(11)13/h3-4,7-9H,2,5-6,10H2,1H3,(H,19,22)(H,20,21). The molecule has 1 aromatic heterocycles. The molecule has 0 fully saturated rings. The van der Waals surface area contributed by atoms with E-state index in [1.54, 1.807) is 12.3 Å². The van der Waals surface area contributed by atoms with Crippen LogP contribution in [0.2, 0.25) is 0 Å². The highest BCUT2D eigenvalue weighted by Crippen LogP contribution is 2.33. The summed E-state index contributed by atoms with van der Waals surface area (Å²) in [6.07, 6.45) is 2.52. The fraction of sp³-hybridized carbons (Fsp3) is 0.294. The monoisotopic (exact) mass is 375 g/mol. The number of anilines is 1. The van der Waals surface area contributed by atoms with E-state index in [9.17, 15) is 4.79 Å². The third-order valence-corrected chi connectivity index (χ3v) is 4.11. The van der Waals surface area contributed by atoms with Gasteiger partial charge in [0.25, 0.3) is 5.91 Å². The normalized spacial score (nSPS) is 12.4. The van der Waals surface area contributed by atoms with Crippen LogP contribution in [0.3, 0.4) is 0 Å². The van der Waals surface area contributed by atoms with Gasteiger partial charge in [0, 0.05) is 35.7 Å². The lowest BCUT2D eigenvalue weighted by Gasteiger charge is -2.11. The lowest BCUT2D eigenvalue weighted by Crippen LogP contribution is -2.22. The van der Waals surface area contributed by atoms with E-state index in [2.05, 4.69) is 43.7 Å². The van der Waals surface area contributed by atoms with Crippen LogP contribution in [-0.4, -0.2) is 24.0 Å². The Labute approximate surface area is 143 Å². The smallest absolute Gasteiger partial charge is 0.252 e. The minimum absolute atomic E-state index is 0.107. The topological polar surface area (TPSA) is 63.2 Å². The first kappa shape index (κ1) is 15.8. The molecule has 2 N–H and O–H groups in total. The number of hydrogen-bond acceptors (Lipinski definition) is 4. The molecule has 1 amide bonds. The van der Waals surface area contributed by atoms with E-state index in [0.29, 0.717) is 18.7 Å². The summed E-state index contributed by atoms with van der Waals surface area (Å²) in [6.45, 7) is 3.85. The van der Waals surface area contributed by atoms with Crippen molar-refractivity contribution in [3.63, 3.8) is 0 Å². The summed E-state index contributed by atoms with van der Waals surface area (Å²) >= 11 is 3.54. The zero-order valence-electron chi connectivity index (χ0n) is 12.9. The molecule has 0 unspecified atom stereocenters. The maximum Gasteiger partial charge on any atom is 0.252 e. The van der Waals surface area contributed by atoms with Gasteiger partial charge in [0.2, 0.25) is 0 Å². The van der Waals surface area contributed by atoms with E-state index in [0.717, 1.165) is 34.6 Å². The summed E-state index contributed by atoms with van der Waals surface area (Å²) in [5, 5.41) is 6.02. The van der Waals surface area contributed by atoms with E-state index in [4.69, 9.17) is 4.74 Å². The molecule has 2 aromatic rings. The minimum atomic E-state index is -0.107. The second-order valence-corrected chi connectivity index (χ2v) is 6.21. The number of aromatic nitrogens is 1. The van der Waals surface area contributed by atoms with Gasteiger partial charge in [-0.3, -0.25) is 4.79 Å². The number of rotatable bonds is 5. The number of ether oxygens (including phenoxy) is 1. The van der Waals surface area contributed by atoms with Crippen molar-refractivity contribution in [3.05, 3.63) is 51.6 Å². The number of carbonyl (C=O) groups is 1. The van der Waals surface area contributed by atoms with Crippen LogP contribution < -0.4 is 15.4 Å². The first-order valence-electron chi connectivity index (χ1n) is 7.59. The van der Waals surface area contributed by atoms with Gasteiger partial charge >= 0.3 is 0 Å². The molecule has 0 saturated heterocycles. The van der Waals surface area contributed by atoms with Crippen molar-refractivity contribution in [1.29, 1.82) is 0 Å². The first-order valence-corrected chi connectivity index (χ1v) is 8.39. The number of pyridine rings is 1. The fourth-order valence-corrected chi connectivity index (χ4v) is 3.11. The second-order valence-electron chi connectivity index (χ2n) is 5.30. The molecule has 0 aliphatic carbocycles. The minimum Gasteiger partial charge on any atom is -0.493 e. The maximum absolute atomic E-state index is 11.7. The fourth-order valence-electron chi connectivity index (χ4n) is 2.56. The van der Waals surface area contributed by atoms with Gasteiger partial charge in [-0.2, -0.15) is 0 Å². The van der Waals surface area contributed by atoms with Crippen molar-refractivity contribution in [2.45, 2.75) is 19.9 Å². The van der Waals surface area contributed by atoms with Crippen LogP contribution in [0.15, 0.2) is 34.9 Å². The van der Waals surface area contributed by atoms with Crippen molar-refractivity contribution in [2.75, 3.05) is 18.5 Å². The predicted octanol–water partition coefficient (Wildman–Crippen LogP) is 3.14. The van der Waals surface area contributed by atoms with Gasteiger partial charge < -0.3 is 15.4 Å². The number of carbonyl (C=O) groups excluding carboxylic acids is 1. The molecule has 1 aliphatic heterocycles. The molecule has 1 aromatic carbocycles. The third kappa shape index (κ3) is 3.64. The van der Waals surface area contributed by atoms with Gasteiger partial charge in [-0.15, -0.1) is 0 Å². The van der Waals surface area contributed by atoms with Crippen LogP contribution in [0.25, 0.3) is 0 Å². The van der Waals surface area contributed by atoms with Crippen LogP contribution in [0, 0.1) is 0 Å². The summed E-state index contributed by atoms with van der Waals surface area (Å²) in [7, 11) is 0. The summed E-state index contributed by atoms with van der Waals surface area (Å²) in [4.78, 5) is 16.0. The average molecular weight is 376 g/mol. The zero-order chi connectivity index (χ0) is 16.2.